The van der Waals surface area contributed by atoms with E-state index in [1.165, 1.54) is 11.3 Å². The molecule has 0 fully saturated rings. The second kappa shape index (κ2) is 3.99. The van der Waals surface area contributed by atoms with Gasteiger partial charge in [0.15, 0.2) is 0 Å². The van der Waals surface area contributed by atoms with E-state index < -0.39 is 0 Å². The first-order chi connectivity index (χ1) is 5.79. The van der Waals surface area contributed by atoms with Crippen LogP contribution in [0.25, 0.3) is 0 Å². The molecule has 0 atom stereocenters. The summed E-state index contributed by atoms with van der Waals surface area (Å²) >= 11 is 0. The van der Waals surface area contributed by atoms with Crippen molar-refractivity contribution in [2.75, 3.05) is 7.05 Å². The van der Waals surface area contributed by atoms with Crippen LogP contribution in [0.15, 0.2) is 12.3 Å². The monoisotopic (exact) mass is 162 g/mol. The summed E-state index contributed by atoms with van der Waals surface area (Å²) < 4.78 is 2.08. The van der Waals surface area contributed by atoms with Crippen molar-refractivity contribution in [3.63, 3.8) is 0 Å². The van der Waals surface area contributed by atoms with Crippen molar-refractivity contribution in [1.29, 1.82) is 0 Å². The van der Waals surface area contributed by atoms with Crippen LogP contribution in [0.2, 0.25) is 0 Å². The Labute approximate surface area is 73.6 Å². The van der Waals surface area contributed by atoms with Crippen LogP contribution >= 0.6 is 0 Å². The number of nitrogens with zero attached hydrogens (tertiary/aromatic N) is 1. The molecule has 1 heterocycles. The molecule has 1 aromatic rings. The lowest BCUT2D eigenvalue weighted by atomic mass is 10.2. The Morgan fingerprint density at radius 2 is 2.42 bits per heavy atom. The van der Waals surface area contributed by atoms with Gasteiger partial charge < -0.3 is 9.88 Å². The Balaban J connectivity index is 2.82. The fourth-order valence-corrected chi connectivity index (χ4v) is 1.24. The summed E-state index contributed by atoms with van der Waals surface area (Å²) in [5.74, 6) is 2.62. The van der Waals surface area contributed by atoms with Gasteiger partial charge in [0.05, 0.1) is 6.54 Å². The number of aromatic nitrogens is 1. The molecule has 0 bridgehead atoms. The third kappa shape index (κ3) is 1.69. The molecule has 2 nitrogen and oxygen atoms in total. The summed E-state index contributed by atoms with van der Waals surface area (Å²) in [7, 11) is 1.94. The van der Waals surface area contributed by atoms with Crippen LogP contribution in [0.4, 0.5) is 0 Å². The van der Waals surface area contributed by atoms with Crippen LogP contribution in [-0.4, -0.2) is 11.6 Å². The summed E-state index contributed by atoms with van der Waals surface area (Å²) in [5.41, 5.74) is 2.56. The van der Waals surface area contributed by atoms with E-state index in [1.807, 2.05) is 13.2 Å². The molecule has 1 aromatic heterocycles. The Morgan fingerprint density at radius 3 is 3.00 bits per heavy atom. The minimum Gasteiger partial charge on any atom is -0.340 e. The molecule has 0 unspecified atom stereocenters. The normalized spacial score (nSPS) is 9.75. The van der Waals surface area contributed by atoms with E-state index in [0.29, 0.717) is 6.54 Å². The second-order valence-electron chi connectivity index (χ2n) is 2.79. The second-order valence-corrected chi connectivity index (χ2v) is 2.79. The van der Waals surface area contributed by atoms with Crippen molar-refractivity contribution < 1.29 is 0 Å². The van der Waals surface area contributed by atoms with Gasteiger partial charge in [-0.05, 0) is 25.6 Å². The largest absolute Gasteiger partial charge is 0.340 e. The molecular formula is C10H14N2. The van der Waals surface area contributed by atoms with E-state index in [2.05, 4.69) is 28.8 Å². The lowest BCUT2D eigenvalue weighted by Crippen LogP contribution is -2.06. The van der Waals surface area contributed by atoms with Crippen molar-refractivity contribution in [3.8, 4) is 12.3 Å². The molecule has 0 saturated heterocycles. The molecule has 64 valence electrons. The van der Waals surface area contributed by atoms with Crippen LogP contribution < -0.4 is 5.32 Å². The van der Waals surface area contributed by atoms with Crippen molar-refractivity contribution in [2.45, 2.75) is 20.0 Å². The Hall–Kier alpha value is -1.20. The summed E-state index contributed by atoms with van der Waals surface area (Å²) in [6, 6.07) is 2.10. The maximum atomic E-state index is 5.23. The number of terminal acetylenes is 1. The van der Waals surface area contributed by atoms with Gasteiger partial charge in [-0.15, -0.1) is 6.42 Å². The minimum atomic E-state index is 0.662. The van der Waals surface area contributed by atoms with Gasteiger partial charge in [0.1, 0.15) is 0 Å². The van der Waals surface area contributed by atoms with E-state index in [4.69, 9.17) is 6.42 Å². The van der Waals surface area contributed by atoms with E-state index >= 15 is 0 Å². The first-order valence-electron chi connectivity index (χ1n) is 4.02. The number of hydrogen-bond acceptors (Lipinski definition) is 1. The van der Waals surface area contributed by atoms with Gasteiger partial charge in [-0.1, -0.05) is 5.92 Å². The molecule has 0 aromatic carbocycles. The smallest absolute Gasteiger partial charge is 0.0831 e. The molecule has 0 saturated carbocycles. The van der Waals surface area contributed by atoms with Gasteiger partial charge in [0.25, 0.3) is 0 Å². The fraction of sp³-hybridized carbons (Fsp3) is 0.400. The van der Waals surface area contributed by atoms with Crippen LogP contribution in [0.5, 0.6) is 0 Å². The zero-order valence-corrected chi connectivity index (χ0v) is 7.59. The van der Waals surface area contributed by atoms with E-state index in [9.17, 15) is 0 Å². The van der Waals surface area contributed by atoms with Gasteiger partial charge in [-0.2, -0.15) is 0 Å². The van der Waals surface area contributed by atoms with Crippen molar-refractivity contribution in [1.82, 2.24) is 9.88 Å². The Bertz CT molecular complexity index is 291. The lowest BCUT2D eigenvalue weighted by molar-refractivity contribution is 0.775. The maximum Gasteiger partial charge on any atom is 0.0831 e. The van der Waals surface area contributed by atoms with Gasteiger partial charge in [0, 0.05) is 18.4 Å². The highest BCUT2D eigenvalue weighted by Crippen LogP contribution is 2.08. The SMILES string of the molecule is C#CCn1ccc(CNC)c1C. The molecule has 0 spiro atoms. The molecule has 0 aliphatic carbocycles. The Morgan fingerprint density at radius 1 is 1.67 bits per heavy atom. The van der Waals surface area contributed by atoms with E-state index in [1.54, 1.807) is 0 Å². The third-order valence-corrected chi connectivity index (χ3v) is 1.98. The molecule has 2 heteroatoms. The molecule has 0 aliphatic rings. The molecule has 1 N–H and O–H groups in total. The summed E-state index contributed by atoms with van der Waals surface area (Å²) in [4.78, 5) is 0. The highest BCUT2D eigenvalue weighted by Gasteiger charge is 2.01. The zero-order chi connectivity index (χ0) is 8.97. The van der Waals surface area contributed by atoms with E-state index in [0.717, 1.165) is 6.54 Å². The van der Waals surface area contributed by atoms with Crippen molar-refractivity contribution >= 4 is 0 Å². The fourth-order valence-electron chi connectivity index (χ4n) is 1.24. The molecule has 12 heavy (non-hydrogen) atoms. The highest BCUT2D eigenvalue weighted by molar-refractivity contribution is 5.21. The number of nitrogens with one attached hydrogen (secondary N) is 1. The zero-order valence-electron chi connectivity index (χ0n) is 7.59. The van der Waals surface area contributed by atoms with Crippen LogP contribution in [-0.2, 0) is 13.1 Å². The molecule has 0 radical (unpaired) electrons. The lowest BCUT2D eigenvalue weighted by Gasteiger charge is -2.02. The third-order valence-electron chi connectivity index (χ3n) is 1.98. The summed E-state index contributed by atoms with van der Waals surface area (Å²) in [5, 5.41) is 3.12. The Kier molecular flexibility index (Phi) is 2.95. The first kappa shape index (κ1) is 8.89. The predicted octanol–water partition coefficient (Wildman–Crippen LogP) is 1.15. The average Bonchev–Trinajstić information content (AvgIpc) is 2.38. The molecule has 0 aliphatic heterocycles. The van der Waals surface area contributed by atoms with Gasteiger partial charge >= 0.3 is 0 Å². The quantitative estimate of drug-likeness (QED) is 0.660. The molecule has 1 rings (SSSR count). The van der Waals surface area contributed by atoms with Crippen LogP contribution in [0, 0.1) is 19.3 Å². The topological polar surface area (TPSA) is 17.0 Å². The minimum absolute atomic E-state index is 0.662. The van der Waals surface area contributed by atoms with Crippen LogP contribution in [0.3, 0.4) is 0 Å². The molecule has 0 amide bonds. The van der Waals surface area contributed by atoms with Crippen molar-refractivity contribution in [3.05, 3.63) is 23.5 Å². The van der Waals surface area contributed by atoms with Crippen LogP contribution in [0.1, 0.15) is 11.3 Å². The summed E-state index contributed by atoms with van der Waals surface area (Å²) in [6.45, 7) is 3.66. The summed E-state index contributed by atoms with van der Waals surface area (Å²) in [6.07, 6.45) is 7.26. The van der Waals surface area contributed by atoms with E-state index in [-0.39, 0.29) is 0 Å². The number of rotatable bonds is 3. The average molecular weight is 162 g/mol. The molecular weight excluding hydrogens is 148 g/mol. The standard InChI is InChI=1S/C10H14N2/c1-4-6-12-7-5-10(8-11-3)9(12)2/h1,5,7,11H,6,8H2,2-3H3. The van der Waals surface area contributed by atoms with Gasteiger partial charge in [-0.3, -0.25) is 0 Å². The maximum absolute atomic E-state index is 5.23. The van der Waals surface area contributed by atoms with Gasteiger partial charge in [-0.25, -0.2) is 0 Å². The number of hydrogen-bond donors (Lipinski definition) is 1. The highest BCUT2D eigenvalue weighted by atomic mass is 15.0. The predicted molar refractivity (Wildman–Crippen MR) is 50.8 cm³/mol. The van der Waals surface area contributed by atoms with Crippen molar-refractivity contribution in [2.24, 2.45) is 0 Å². The first-order valence-corrected chi connectivity index (χ1v) is 4.02. The van der Waals surface area contributed by atoms with Gasteiger partial charge in [0.2, 0.25) is 0 Å².